The smallest absolute Gasteiger partial charge is 0.231 e. The summed E-state index contributed by atoms with van der Waals surface area (Å²) in [5.74, 6) is 0.412. The van der Waals surface area contributed by atoms with Crippen LogP contribution in [0.15, 0.2) is 12.3 Å². The summed E-state index contributed by atoms with van der Waals surface area (Å²) >= 11 is 0. The maximum absolute atomic E-state index is 9.05. The summed E-state index contributed by atoms with van der Waals surface area (Å²) in [5, 5.41) is 9.05. The van der Waals surface area contributed by atoms with Gasteiger partial charge in [-0.3, -0.25) is 4.90 Å². The fourth-order valence-electron chi connectivity index (χ4n) is 2.39. The molecule has 1 fully saturated rings. The molecule has 4 heteroatoms. The third kappa shape index (κ3) is 2.40. The maximum Gasteiger partial charge on any atom is 0.231 e. The number of piperidine rings is 1. The average molecular weight is 231 g/mol. The molecule has 0 radical (unpaired) electrons. The van der Waals surface area contributed by atoms with Gasteiger partial charge in [-0.05, 0) is 38.1 Å². The SMILES string of the molecule is COc1ncc(C2CCCCN2C)cc1C#N. The van der Waals surface area contributed by atoms with Crippen molar-refractivity contribution in [3.8, 4) is 11.9 Å². The minimum absolute atomic E-state index is 0.384. The molecule has 0 aromatic carbocycles. The number of likely N-dealkylation sites (tertiary alicyclic amines) is 1. The quantitative estimate of drug-likeness (QED) is 0.782. The summed E-state index contributed by atoms with van der Waals surface area (Å²) in [6.07, 6.45) is 5.45. The van der Waals surface area contributed by atoms with Gasteiger partial charge in [0.25, 0.3) is 0 Å². The van der Waals surface area contributed by atoms with Crippen molar-refractivity contribution in [2.75, 3.05) is 20.7 Å². The van der Waals surface area contributed by atoms with Crippen molar-refractivity contribution in [2.45, 2.75) is 25.3 Å². The maximum atomic E-state index is 9.05. The van der Waals surface area contributed by atoms with Crippen molar-refractivity contribution >= 4 is 0 Å². The molecule has 2 heterocycles. The van der Waals surface area contributed by atoms with Gasteiger partial charge in [-0.1, -0.05) is 6.42 Å². The van der Waals surface area contributed by atoms with Gasteiger partial charge in [0.15, 0.2) is 0 Å². The predicted octanol–water partition coefficient (Wildman–Crippen LogP) is 2.12. The molecule has 1 aliphatic rings. The lowest BCUT2D eigenvalue weighted by atomic mass is 9.96. The Balaban J connectivity index is 2.30. The molecule has 90 valence electrons. The van der Waals surface area contributed by atoms with E-state index in [-0.39, 0.29) is 0 Å². The molecular formula is C13H17N3O. The molecule has 2 rings (SSSR count). The first-order chi connectivity index (χ1) is 8.26. The number of pyridine rings is 1. The molecule has 1 saturated heterocycles. The van der Waals surface area contributed by atoms with Crippen LogP contribution in [0.25, 0.3) is 0 Å². The molecule has 1 aliphatic heterocycles. The standard InChI is InChI=1S/C13H17N3O/c1-16-6-4-3-5-12(16)11-7-10(8-14)13(17-2)15-9-11/h7,9,12H,3-6H2,1-2H3. The monoisotopic (exact) mass is 231 g/mol. The van der Waals surface area contributed by atoms with E-state index < -0.39 is 0 Å². The minimum atomic E-state index is 0.384. The number of rotatable bonds is 2. The predicted molar refractivity (Wildman–Crippen MR) is 64.7 cm³/mol. The molecule has 0 bridgehead atoms. The first kappa shape index (κ1) is 11.9. The first-order valence-electron chi connectivity index (χ1n) is 5.90. The van der Waals surface area contributed by atoms with E-state index in [2.05, 4.69) is 23.0 Å². The molecule has 17 heavy (non-hydrogen) atoms. The molecule has 0 aliphatic carbocycles. The third-order valence-corrected chi connectivity index (χ3v) is 3.34. The van der Waals surface area contributed by atoms with Crippen LogP contribution in [-0.2, 0) is 0 Å². The second kappa shape index (κ2) is 5.15. The zero-order chi connectivity index (χ0) is 12.3. The number of hydrogen-bond donors (Lipinski definition) is 0. The van der Waals surface area contributed by atoms with Crippen LogP contribution in [0, 0.1) is 11.3 Å². The van der Waals surface area contributed by atoms with Crippen molar-refractivity contribution in [1.29, 1.82) is 5.26 Å². The van der Waals surface area contributed by atoms with Crippen molar-refractivity contribution in [3.63, 3.8) is 0 Å². The lowest BCUT2D eigenvalue weighted by Gasteiger charge is -2.32. The van der Waals surface area contributed by atoms with Crippen molar-refractivity contribution in [3.05, 3.63) is 23.4 Å². The fourth-order valence-corrected chi connectivity index (χ4v) is 2.39. The largest absolute Gasteiger partial charge is 0.480 e. The summed E-state index contributed by atoms with van der Waals surface area (Å²) in [4.78, 5) is 6.53. The Morgan fingerprint density at radius 3 is 3.00 bits per heavy atom. The number of ether oxygens (including phenoxy) is 1. The second-order valence-electron chi connectivity index (χ2n) is 4.43. The fraction of sp³-hybridized carbons (Fsp3) is 0.538. The number of nitrogens with zero attached hydrogens (tertiary/aromatic N) is 3. The van der Waals surface area contributed by atoms with Gasteiger partial charge in [0, 0.05) is 12.2 Å². The average Bonchev–Trinajstić information content (AvgIpc) is 2.38. The van der Waals surface area contributed by atoms with Gasteiger partial charge in [-0.25, -0.2) is 4.98 Å². The zero-order valence-corrected chi connectivity index (χ0v) is 10.3. The Kier molecular flexibility index (Phi) is 3.60. The van der Waals surface area contributed by atoms with Gasteiger partial charge in [0.2, 0.25) is 5.88 Å². The third-order valence-electron chi connectivity index (χ3n) is 3.34. The highest BCUT2D eigenvalue weighted by atomic mass is 16.5. The molecule has 0 spiro atoms. The van der Waals surface area contributed by atoms with Crippen molar-refractivity contribution < 1.29 is 4.74 Å². The highest BCUT2D eigenvalue weighted by Crippen LogP contribution is 2.30. The van der Waals surface area contributed by atoms with E-state index in [4.69, 9.17) is 10.00 Å². The van der Waals surface area contributed by atoms with Crippen molar-refractivity contribution in [1.82, 2.24) is 9.88 Å². The molecule has 1 aromatic rings. The molecular weight excluding hydrogens is 214 g/mol. The molecule has 1 aromatic heterocycles. The molecule has 1 atom stereocenters. The zero-order valence-electron chi connectivity index (χ0n) is 10.3. The molecule has 1 unspecified atom stereocenters. The summed E-state index contributed by atoms with van der Waals surface area (Å²) in [5.41, 5.74) is 1.63. The van der Waals surface area contributed by atoms with Crippen molar-refractivity contribution in [2.24, 2.45) is 0 Å². The second-order valence-corrected chi connectivity index (χ2v) is 4.43. The van der Waals surface area contributed by atoms with E-state index in [1.165, 1.54) is 20.0 Å². The van der Waals surface area contributed by atoms with Gasteiger partial charge in [0.05, 0.1) is 7.11 Å². The van der Waals surface area contributed by atoms with Crippen LogP contribution in [0.4, 0.5) is 0 Å². The first-order valence-corrected chi connectivity index (χ1v) is 5.90. The number of hydrogen-bond acceptors (Lipinski definition) is 4. The van der Waals surface area contributed by atoms with Gasteiger partial charge in [0.1, 0.15) is 11.6 Å². The Hall–Kier alpha value is -1.60. The van der Waals surface area contributed by atoms with E-state index in [9.17, 15) is 0 Å². The van der Waals surface area contributed by atoms with E-state index in [0.29, 0.717) is 17.5 Å². The Morgan fingerprint density at radius 2 is 2.35 bits per heavy atom. The molecule has 4 nitrogen and oxygen atoms in total. The van der Waals surface area contributed by atoms with Gasteiger partial charge in [-0.2, -0.15) is 5.26 Å². The Labute approximate surface area is 102 Å². The summed E-state index contributed by atoms with van der Waals surface area (Å²) < 4.78 is 5.06. The summed E-state index contributed by atoms with van der Waals surface area (Å²) in [6, 6.07) is 4.42. The Bertz CT molecular complexity index is 439. The lowest BCUT2D eigenvalue weighted by molar-refractivity contribution is 0.187. The van der Waals surface area contributed by atoms with E-state index in [0.717, 1.165) is 18.5 Å². The highest BCUT2D eigenvalue weighted by Gasteiger charge is 2.21. The summed E-state index contributed by atoms with van der Waals surface area (Å²) in [7, 11) is 3.66. The van der Waals surface area contributed by atoms with Crippen LogP contribution in [0.3, 0.4) is 0 Å². The molecule has 0 saturated carbocycles. The van der Waals surface area contributed by atoms with Crippen LogP contribution in [0.2, 0.25) is 0 Å². The Morgan fingerprint density at radius 1 is 1.53 bits per heavy atom. The van der Waals surface area contributed by atoms with E-state index in [1.54, 1.807) is 0 Å². The van der Waals surface area contributed by atoms with Gasteiger partial charge < -0.3 is 4.74 Å². The normalized spacial score (nSPS) is 20.9. The molecule has 0 N–H and O–H groups in total. The van der Waals surface area contributed by atoms with Gasteiger partial charge >= 0.3 is 0 Å². The van der Waals surface area contributed by atoms with Gasteiger partial charge in [-0.15, -0.1) is 0 Å². The summed E-state index contributed by atoms with van der Waals surface area (Å²) in [6.45, 7) is 1.11. The number of aromatic nitrogens is 1. The molecule has 0 amide bonds. The number of methoxy groups -OCH3 is 1. The van der Waals surface area contributed by atoms with E-state index >= 15 is 0 Å². The van der Waals surface area contributed by atoms with E-state index in [1.807, 2.05) is 12.3 Å². The number of nitriles is 1. The van der Waals surface area contributed by atoms with Crippen LogP contribution in [-0.4, -0.2) is 30.6 Å². The van der Waals surface area contributed by atoms with Crippen LogP contribution < -0.4 is 4.74 Å². The topological polar surface area (TPSA) is 49.1 Å². The minimum Gasteiger partial charge on any atom is -0.480 e. The van der Waals surface area contributed by atoms with Crippen LogP contribution >= 0.6 is 0 Å². The lowest BCUT2D eigenvalue weighted by Crippen LogP contribution is -2.29. The van der Waals surface area contributed by atoms with Crippen LogP contribution in [0.5, 0.6) is 5.88 Å². The highest BCUT2D eigenvalue weighted by molar-refractivity contribution is 5.40. The van der Waals surface area contributed by atoms with Crippen LogP contribution in [0.1, 0.15) is 36.4 Å².